The number of fused-ring (bicyclic) bond motifs is 1. The molecule has 3 aromatic rings. The number of carbonyl (C=O) groups is 1. The summed E-state index contributed by atoms with van der Waals surface area (Å²) in [6.45, 7) is 2.74. The fourth-order valence-corrected chi connectivity index (χ4v) is 2.75. The number of benzene rings is 2. The summed E-state index contributed by atoms with van der Waals surface area (Å²) in [6, 6.07) is 14.5. The summed E-state index contributed by atoms with van der Waals surface area (Å²) < 4.78 is 21.4. The molecule has 1 aromatic heterocycles. The maximum absolute atomic E-state index is 12.2. The molecule has 7 heteroatoms. The van der Waals surface area contributed by atoms with Gasteiger partial charge in [0.05, 0.1) is 18.7 Å². The first-order valence-electron chi connectivity index (χ1n) is 8.59. The SMILES string of the molecule is CCOc1ccc(NC(=O)Cc2cc(-c3ccc4c(c3)OCO4)on2)cc1. The van der Waals surface area contributed by atoms with Gasteiger partial charge >= 0.3 is 0 Å². The fourth-order valence-electron chi connectivity index (χ4n) is 2.75. The highest BCUT2D eigenvalue weighted by atomic mass is 16.7. The minimum absolute atomic E-state index is 0.112. The first kappa shape index (κ1) is 17.0. The van der Waals surface area contributed by atoms with Crippen LogP contribution in [-0.4, -0.2) is 24.5 Å². The summed E-state index contributed by atoms with van der Waals surface area (Å²) in [6.07, 6.45) is 0.112. The Balaban J connectivity index is 1.39. The Morgan fingerprint density at radius 2 is 1.93 bits per heavy atom. The van der Waals surface area contributed by atoms with Gasteiger partial charge in [0, 0.05) is 17.3 Å². The smallest absolute Gasteiger partial charge is 0.231 e. The highest BCUT2D eigenvalue weighted by Crippen LogP contribution is 2.36. The molecule has 1 aliphatic heterocycles. The summed E-state index contributed by atoms with van der Waals surface area (Å²) >= 11 is 0. The minimum Gasteiger partial charge on any atom is -0.494 e. The van der Waals surface area contributed by atoms with E-state index >= 15 is 0 Å². The van der Waals surface area contributed by atoms with Crippen LogP contribution in [0.15, 0.2) is 53.1 Å². The van der Waals surface area contributed by atoms with Crippen LogP contribution < -0.4 is 19.5 Å². The number of carbonyl (C=O) groups excluding carboxylic acids is 1. The Morgan fingerprint density at radius 3 is 2.74 bits per heavy atom. The first-order valence-corrected chi connectivity index (χ1v) is 8.59. The second-order valence-electron chi connectivity index (χ2n) is 5.93. The van der Waals surface area contributed by atoms with Gasteiger partial charge in [-0.2, -0.15) is 0 Å². The molecule has 0 spiro atoms. The number of hydrogen-bond acceptors (Lipinski definition) is 6. The molecule has 27 heavy (non-hydrogen) atoms. The van der Waals surface area contributed by atoms with E-state index in [0.29, 0.717) is 35.2 Å². The highest BCUT2D eigenvalue weighted by Gasteiger charge is 2.16. The van der Waals surface area contributed by atoms with E-state index in [-0.39, 0.29) is 19.1 Å². The van der Waals surface area contributed by atoms with Crippen molar-refractivity contribution in [3.63, 3.8) is 0 Å². The Bertz CT molecular complexity index is 949. The number of hydrogen-bond donors (Lipinski definition) is 1. The maximum Gasteiger partial charge on any atom is 0.231 e. The van der Waals surface area contributed by atoms with Gasteiger partial charge in [0.15, 0.2) is 17.3 Å². The van der Waals surface area contributed by atoms with Crippen LogP contribution in [0.1, 0.15) is 12.6 Å². The number of nitrogens with zero attached hydrogens (tertiary/aromatic N) is 1. The number of amides is 1. The molecule has 1 aliphatic rings. The molecule has 0 fully saturated rings. The molecule has 0 bridgehead atoms. The molecule has 0 saturated heterocycles. The summed E-state index contributed by atoms with van der Waals surface area (Å²) in [5.74, 6) is 2.52. The molecule has 0 radical (unpaired) electrons. The van der Waals surface area contributed by atoms with Crippen LogP contribution in [-0.2, 0) is 11.2 Å². The largest absolute Gasteiger partial charge is 0.494 e. The molecule has 1 amide bonds. The lowest BCUT2D eigenvalue weighted by atomic mass is 10.1. The zero-order chi connectivity index (χ0) is 18.6. The lowest BCUT2D eigenvalue weighted by Gasteiger charge is -2.06. The van der Waals surface area contributed by atoms with Gasteiger partial charge in [0.1, 0.15) is 5.75 Å². The third kappa shape index (κ3) is 3.87. The van der Waals surface area contributed by atoms with Crippen molar-refractivity contribution < 1.29 is 23.5 Å². The molecule has 2 aromatic carbocycles. The third-order valence-electron chi connectivity index (χ3n) is 4.01. The molecule has 0 saturated carbocycles. The van der Waals surface area contributed by atoms with Gasteiger partial charge in [0.25, 0.3) is 0 Å². The maximum atomic E-state index is 12.2. The van der Waals surface area contributed by atoms with E-state index in [0.717, 1.165) is 11.3 Å². The normalized spacial score (nSPS) is 12.0. The topological polar surface area (TPSA) is 82.8 Å². The van der Waals surface area contributed by atoms with E-state index in [2.05, 4.69) is 10.5 Å². The predicted molar refractivity (Wildman–Crippen MR) is 98.0 cm³/mol. The molecule has 1 N–H and O–H groups in total. The van der Waals surface area contributed by atoms with E-state index in [9.17, 15) is 4.79 Å². The highest BCUT2D eigenvalue weighted by molar-refractivity contribution is 5.92. The van der Waals surface area contributed by atoms with Crippen LogP contribution in [0.25, 0.3) is 11.3 Å². The second-order valence-corrected chi connectivity index (χ2v) is 5.93. The van der Waals surface area contributed by atoms with Crippen molar-refractivity contribution in [2.24, 2.45) is 0 Å². The number of ether oxygens (including phenoxy) is 3. The quantitative estimate of drug-likeness (QED) is 0.717. The summed E-state index contributed by atoms with van der Waals surface area (Å²) in [7, 11) is 0. The van der Waals surface area contributed by atoms with Crippen molar-refractivity contribution in [1.82, 2.24) is 5.16 Å². The van der Waals surface area contributed by atoms with Gasteiger partial charge in [-0.15, -0.1) is 0 Å². The number of nitrogens with one attached hydrogen (secondary N) is 1. The Kier molecular flexibility index (Phi) is 4.65. The van der Waals surface area contributed by atoms with Gasteiger partial charge in [-0.1, -0.05) is 5.16 Å². The fraction of sp³-hybridized carbons (Fsp3) is 0.200. The van der Waals surface area contributed by atoms with Crippen molar-refractivity contribution in [1.29, 1.82) is 0 Å². The number of rotatable bonds is 6. The molecule has 0 unspecified atom stereocenters. The van der Waals surface area contributed by atoms with Gasteiger partial charge < -0.3 is 24.1 Å². The Morgan fingerprint density at radius 1 is 1.11 bits per heavy atom. The zero-order valence-corrected chi connectivity index (χ0v) is 14.7. The molecule has 0 aliphatic carbocycles. The van der Waals surface area contributed by atoms with E-state index < -0.39 is 0 Å². The van der Waals surface area contributed by atoms with Crippen LogP contribution in [0.4, 0.5) is 5.69 Å². The van der Waals surface area contributed by atoms with Crippen molar-refractivity contribution in [2.45, 2.75) is 13.3 Å². The average Bonchev–Trinajstić information content (AvgIpc) is 3.32. The van der Waals surface area contributed by atoms with Gasteiger partial charge in [-0.05, 0) is 49.4 Å². The molecule has 138 valence electrons. The van der Waals surface area contributed by atoms with Crippen molar-refractivity contribution in [3.05, 3.63) is 54.2 Å². The molecular formula is C20H18N2O5. The van der Waals surface area contributed by atoms with Gasteiger partial charge in [-0.25, -0.2) is 0 Å². The summed E-state index contributed by atoms with van der Waals surface area (Å²) in [5.41, 5.74) is 2.05. The monoisotopic (exact) mass is 366 g/mol. The molecular weight excluding hydrogens is 348 g/mol. The third-order valence-corrected chi connectivity index (χ3v) is 4.01. The van der Waals surface area contributed by atoms with E-state index in [4.69, 9.17) is 18.7 Å². The standard InChI is InChI=1S/C20H18N2O5/c1-2-24-16-6-4-14(5-7-16)21-20(23)11-15-10-18(27-22-15)13-3-8-17-19(9-13)26-12-25-17/h3-10H,2,11-12H2,1H3,(H,21,23). The molecule has 2 heterocycles. The van der Waals surface area contributed by atoms with E-state index in [1.165, 1.54) is 0 Å². The van der Waals surface area contributed by atoms with Crippen LogP contribution in [0, 0.1) is 0 Å². The van der Waals surface area contributed by atoms with E-state index in [1.807, 2.05) is 37.3 Å². The Hall–Kier alpha value is -3.48. The van der Waals surface area contributed by atoms with Crippen LogP contribution in [0.5, 0.6) is 17.2 Å². The van der Waals surface area contributed by atoms with E-state index in [1.54, 1.807) is 18.2 Å². The Labute approximate surface area is 155 Å². The van der Waals surface area contributed by atoms with Gasteiger partial charge in [-0.3, -0.25) is 4.79 Å². The number of aromatic nitrogens is 1. The van der Waals surface area contributed by atoms with Crippen molar-refractivity contribution in [2.75, 3.05) is 18.7 Å². The lowest BCUT2D eigenvalue weighted by Crippen LogP contribution is -2.14. The number of anilines is 1. The molecule has 7 nitrogen and oxygen atoms in total. The summed E-state index contributed by atoms with van der Waals surface area (Å²) in [5, 5.41) is 6.81. The van der Waals surface area contributed by atoms with Gasteiger partial charge in [0.2, 0.25) is 12.7 Å². The lowest BCUT2D eigenvalue weighted by molar-refractivity contribution is -0.115. The van der Waals surface area contributed by atoms with Crippen molar-refractivity contribution >= 4 is 11.6 Å². The zero-order valence-electron chi connectivity index (χ0n) is 14.7. The van der Waals surface area contributed by atoms with Crippen LogP contribution in [0.3, 0.4) is 0 Å². The first-order chi connectivity index (χ1) is 13.2. The predicted octanol–water partition coefficient (Wildman–Crippen LogP) is 3.65. The van der Waals surface area contributed by atoms with Crippen molar-refractivity contribution in [3.8, 4) is 28.6 Å². The summed E-state index contributed by atoms with van der Waals surface area (Å²) in [4.78, 5) is 12.2. The average molecular weight is 366 g/mol. The second kappa shape index (κ2) is 7.41. The van der Waals surface area contributed by atoms with Crippen LogP contribution in [0.2, 0.25) is 0 Å². The van der Waals surface area contributed by atoms with Crippen LogP contribution >= 0.6 is 0 Å². The molecule has 0 atom stereocenters. The molecule has 4 rings (SSSR count). The minimum atomic E-state index is -0.176.